The van der Waals surface area contributed by atoms with Gasteiger partial charge < -0.3 is 9.84 Å². The van der Waals surface area contributed by atoms with E-state index in [1.54, 1.807) is 24.6 Å². The Labute approximate surface area is 112 Å². The number of rotatable bonds is 2. The zero-order valence-corrected chi connectivity index (χ0v) is 11.6. The highest BCUT2D eigenvalue weighted by Gasteiger charge is 2.09. The van der Waals surface area contributed by atoms with E-state index in [0.29, 0.717) is 21.1 Å². The number of aromatic hydroxyl groups is 1. The van der Waals surface area contributed by atoms with Gasteiger partial charge in [-0.15, -0.1) is 0 Å². The van der Waals surface area contributed by atoms with Crippen LogP contribution in [0.4, 0.5) is 5.69 Å². The van der Waals surface area contributed by atoms with E-state index in [9.17, 15) is 5.11 Å². The summed E-state index contributed by atoms with van der Waals surface area (Å²) in [7, 11) is 1.52. The van der Waals surface area contributed by atoms with Crippen molar-refractivity contribution < 1.29 is 9.84 Å². The molecule has 1 rings (SSSR count). The van der Waals surface area contributed by atoms with E-state index in [-0.39, 0.29) is 5.75 Å². The highest BCUT2D eigenvalue weighted by atomic mass is 79.9. The Morgan fingerprint density at radius 2 is 2.35 bits per heavy atom. The van der Waals surface area contributed by atoms with E-state index in [1.165, 1.54) is 18.9 Å². The second kappa shape index (κ2) is 6.37. The third-order valence-corrected chi connectivity index (χ3v) is 3.02. The summed E-state index contributed by atoms with van der Waals surface area (Å²) in [5, 5.41) is 21.1. The fraction of sp³-hybridized carbons (Fsp3) is 0.200. The minimum atomic E-state index is -0.00269. The molecule has 5 nitrogen and oxygen atoms in total. The SMILES string of the molecule is COc1cc(Br)c(O)c(N=C(NC#N)SC)c1. The Bertz CT molecular complexity index is 485. The number of benzene rings is 1. The molecule has 0 aromatic heterocycles. The zero-order chi connectivity index (χ0) is 12.8. The molecular weight excluding hydrogens is 306 g/mol. The van der Waals surface area contributed by atoms with Crippen LogP contribution in [0.2, 0.25) is 0 Å². The van der Waals surface area contributed by atoms with Gasteiger partial charge in [0, 0.05) is 6.07 Å². The van der Waals surface area contributed by atoms with Gasteiger partial charge in [0.05, 0.1) is 11.6 Å². The molecule has 0 fully saturated rings. The predicted molar refractivity (Wildman–Crippen MR) is 71.7 cm³/mol. The molecule has 0 radical (unpaired) electrons. The molecule has 0 amide bonds. The van der Waals surface area contributed by atoms with Crippen molar-refractivity contribution in [3.05, 3.63) is 16.6 Å². The summed E-state index contributed by atoms with van der Waals surface area (Å²) in [6.07, 6.45) is 3.55. The number of halogens is 1. The van der Waals surface area contributed by atoms with Crippen molar-refractivity contribution in [1.29, 1.82) is 5.26 Å². The maximum atomic E-state index is 9.80. The molecule has 0 aliphatic heterocycles. The summed E-state index contributed by atoms with van der Waals surface area (Å²) in [5.74, 6) is 0.558. The summed E-state index contributed by atoms with van der Waals surface area (Å²) >= 11 is 4.46. The van der Waals surface area contributed by atoms with E-state index in [4.69, 9.17) is 10.00 Å². The van der Waals surface area contributed by atoms with Gasteiger partial charge in [-0.1, -0.05) is 11.8 Å². The second-order valence-electron chi connectivity index (χ2n) is 2.83. The van der Waals surface area contributed by atoms with Crippen molar-refractivity contribution in [2.75, 3.05) is 13.4 Å². The van der Waals surface area contributed by atoms with E-state index < -0.39 is 0 Å². The molecule has 1 aromatic carbocycles. The number of nitriles is 1. The molecule has 0 atom stereocenters. The average molecular weight is 316 g/mol. The standard InChI is InChI=1S/C10H10BrN3O2S/c1-16-6-3-7(11)9(15)8(4-6)14-10(17-2)13-5-12/h3-4,15H,1-2H3,(H,13,14). The van der Waals surface area contributed by atoms with Gasteiger partial charge in [0.25, 0.3) is 0 Å². The van der Waals surface area contributed by atoms with Crippen LogP contribution < -0.4 is 10.1 Å². The Kier molecular flexibility index (Phi) is 5.12. The Balaban J connectivity index is 3.21. The van der Waals surface area contributed by atoms with Gasteiger partial charge in [0.15, 0.2) is 17.1 Å². The van der Waals surface area contributed by atoms with E-state index in [2.05, 4.69) is 26.2 Å². The normalized spacial score (nSPS) is 10.8. The van der Waals surface area contributed by atoms with E-state index in [1.807, 2.05) is 0 Å². The molecule has 0 aliphatic carbocycles. The lowest BCUT2D eigenvalue weighted by Gasteiger charge is -2.07. The van der Waals surface area contributed by atoms with Crippen molar-refractivity contribution in [2.24, 2.45) is 4.99 Å². The lowest BCUT2D eigenvalue weighted by Crippen LogP contribution is -2.12. The van der Waals surface area contributed by atoms with Crippen LogP contribution in [0.3, 0.4) is 0 Å². The molecule has 7 heteroatoms. The summed E-state index contributed by atoms with van der Waals surface area (Å²) in [6, 6.07) is 3.21. The molecule has 0 saturated heterocycles. The first-order valence-corrected chi connectivity index (χ1v) is 6.48. The quantitative estimate of drug-likeness (QED) is 0.379. The number of nitrogens with zero attached hydrogens (tertiary/aromatic N) is 2. The summed E-state index contributed by atoms with van der Waals surface area (Å²) < 4.78 is 5.54. The molecule has 1 aromatic rings. The number of aliphatic imine (C=N–C) groups is 1. The number of phenolic OH excluding ortho intramolecular Hbond substituents is 1. The summed E-state index contributed by atoms with van der Waals surface area (Å²) in [5.41, 5.74) is 0.323. The highest BCUT2D eigenvalue weighted by Crippen LogP contribution is 2.38. The molecule has 0 unspecified atom stereocenters. The van der Waals surface area contributed by atoms with Crippen molar-refractivity contribution >= 4 is 38.5 Å². The van der Waals surface area contributed by atoms with Crippen molar-refractivity contribution in [1.82, 2.24) is 5.32 Å². The third-order valence-electron chi connectivity index (χ3n) is 1.83. The molecule has 0 spiro atoms. The molecule has 0 bridgehead atoms. The number of hydrogen-bond acceptors (Lipinski definition) is 5. The first-order chi connectivity index (χ1) is 8.12. The van der Waals surface area contributed by atoms with Crippen LogP contribution in [0, 0.1) is 11.5 Å². The van der Waals surface area contributed by atoms with Crippen LogP contribution in [0.25, 0.3) is 0 Å². The number of thioether (sulfide) groups is 1. The zero-order valence-electron chi connectivity index (χ0n) is 9.19. The lowest BCUT2D eigenvalue weighted by atomic mass is 10.3. The fourth-order valence-electron chi connectivity index (χ4n) is 1.05. The second-order valence-corrected chi connectivity index (χ2v) is 4.48. The molecule has 17 heavy (non-hydrogen) atoms. The number of ether oxygens (including phenoxy) is 1. The minimum absolute atomic E-state index is 0.00269. The minimum Gasteiger partial charge on any atom is -0.505 e. The van der Waals surface area contributed by atoms with Crippen LogP contribution in [0.5, 0.6) is 11.5 Å². The average Bonchev–Trinajstić information content (AvgIpc) is 2.33. The number of hydrogen-bond donors (Lipinski definition) is 2. The highest BCUT2D eigenvalue weighted by molar-refractivity contribution is 9.10. The van der Waals surface area contributed by atoms with Gasteiger partial charge in [-0.05, 0) is 28.3 Å². The third kappa shape index (κ3) is 3.54. The number of nitrogens with one attached hydrogen (secondary N) is 1. The van der Waals surface area contributed by atoms with Crippen molar-refractivity contribution in [2.45, 2.75) is 0 Å². The number of methoxy groups -OCH3 is 1. The molecule has 0 heterocycles. The van der Waals surface area contributed by atoms with Crippen LogP contribution in [0.15, 0.2) is 21.6 Å². The van der Waals surface area contributed by atoms with Gasteiger partial charge in [-0.2, -0.15) is 5.26 Å². The van der Waals surface area contributed by atoms with Crippen molar-refractivity contribution in [3.63, 3.8) is 0 Å². The predicted octanol–water partition coefficient (Wildman–Crippen LogP) is 2.58. The monoisotopic (exact) mass is 315 g/mol. The maximum Gasteiger partial charge on any atom is 0.183 e. The smallest absolute Gasteiger partial charge is 0.183 e. The maximum absolute atomic E-state index is 9.80. The first kappa shape index (κ1) is 13.7. The largest absolute Gasteiger partial charge is 0.505 e. The molecule has 90 valence electrons. The van der Waals surface area contributed by atoms with Crippen LogP contribution >= 0.6 is 27.7 Å². The van der Waals surface area contributed by atoms with Gasteiger partial charge in [-0.25, -0.2) is 4.99 Å². The number of phenols is 1. The first-order valence-electron chi connectivity index (χ1n) is 4.46. The van der Waals surface area contributed by atoms with E-state index >= 15 is 0 Å². The van der Waals surface area contributed by atoms with Crippen molar-refractivity contribution in [3.8, 4) is 17.7 Å². The molecule has 0 aliphatic rings. The van der Waals surface area contributed by atoms with Gasteiger partial charge in [0.2, 0.25) is 0 Å². The summed E-state index contributed by atoms with van der Waals surface area (Å²) in [6.45, 7) is 0. The number of amidine groups is 1. The summed E-state index contributed by atoms with van der Waals surface area (Å²) in [4.78, 5) is 4.12. The molecule has 0 saturated carbocycles. The van der Waals surface area contributed by atoms with E-state index in [0.717, 1.165) is 0 Å². The van der Waals surface area contributed by atoms with Crippen LogP contribution in [-0.4, -0.2) is 23.6 Å². The van der Waals surface area contributed by atoms with Gasteiger partial charge in [0.1, 0.15) is 11.4 Å². The Hall–Kier alpha value is -1.39. The van der Waals surface area contributed by atoms with Crippen LogP contribution in [0.1, 0.15) is 0 Å². The van der Waals surface area contributed by atoms with Crippen LogP contribution in [-0.2, 0) is 0 Å². The Morgan fingerprint density at radius 3 is 2.88 bits per heavy atom. The topological polar surface area (TPSA) is 77.6 Å². The van der Waals surface area contributed by atoms with Gasteiger partial charge in [-0.3, -0.25) is 5.32 Å². The molecular formula is C10H10BrN3O2S. The fourth-order valence-corrected chi connectivity index (χ4v) is 1.81. The van der Waals surface area contributed by atoms with Gasteiger partial charge >= 0.3 is 0 Å². The Morgan fingerprint density at radius 1 is 1.65 bits per heavy atom. The lowest BCUT2D eigenvalue weighted by molar-refractivity contribution is 0.412. The molecule has 2 N–H and O–H groups in total.